The second-order valence-electron chi connectivity index (χ2n) is 6.30. The smallest absolute Gasteiger partial charge is 0.227 e. The Morgan fingerprint density at radius 1 is 1.00 bits per heavy atom. The van der Waals surface area contributed by atoms with E-state index in [0.29, 0.717) is 22.3 Å². The molecule has 0 radical (unpaired) electrons. The van der Waals surface area contributed by atoms with E-state index in [9.17, 15) is 0 Å². The molecule has 0 spiro atoms. The van der Waals surface area contributed by atoms with Crippen molar-refractivity contribution in [2.24, 2.45) is 0 Å². The van der Waals surface area contributed by atoms with Crippen molar-refractivity contribution in [2.45, 2.75) is 6.92 Å². The molecule has 1 aromatic carbocycles. The lowest BCUT2D eigenvalue weighted by Gasteiger charge is -2.32. The first-order chi connectivity index (χ1) is 12.5. The lowest BCUT2D eigenvalue weighted by Crippen LogP contribution is -2.45. The molecule has 8 heteroatoms. The standard InChI is InChI=1S/C18H24ClN5O2/c1-12-9-17(22-18(20-12)24-7-5-23(2)6-8-24)21-14-11-15(25-3)13(19)10-16(14)26-4/h9-11H,5-8H2,1-4H3,(H,20,21,22). The fourth-order valence-electron chi connectivity index (χ4n) is 2.86. The van der Waals surface area contributed by atoms with Crippen molar-refractivity contribution in [1.29, 1.82) is 0 Å². The molecule has 1 aliphatic rings. The van der Waals surface area contributed by atoms with Crippen LogP contribution in [0.4, 0.5) is 17.5 Å². The number of ether oxygens (including phenoxy) is 2. The Morgan fingerprint density at radius 2 is 1.69 bits per heavy atom. The Hall–Kier alpha value is -2.25. The van der Waals surface area contributed by atoms with Crippen LogP contribution in [0.3, 0.4) is 0 Å². The molecule has 3 rings (SSSR count). The van der Waals surface area contributed by atoms with Crippen molar-refractivity contribution < 1.29 is 9.47 Å². The van der Waals surface area contributed by atoms with Gasteiger partial charge in [0, 0.05) is 50.1 Å². The number of hydrogen-bond acceptors (Lipinski definition) is 7. The number of aromatic nitrogens is 2. The number of likely N-dealkylation sites (N-methyl/N-ethyl adjacent to an activating group) is 1. The van der Waals surface area contributed by atoms with Crippen LogP contribution >= 0.6 is 11.6 Å². The van der Waals surface area contributed by atoms with Crippen LogP contribution in [-0.2, 0) is 0 Å². The maximum absolute atomic E-state index is 6.18. The summed E-state index contributed by atoms with van der Waals surface area (Å²) in [6.45, 7) is 5.80. The first-order valence-electron chi connectivity index (χ1n) is 8.48. The van der Waals surface area contributed by atoms with Gasteiger partial charge < -0.3 is 24.6 Å². The van der Waals surface area contributed by atoms with Crippen molar-refractivity contribution >= 4 is 29.1 Å². The predicted octanol–water partition coefficient (Wildman–Crippen LogP) is 2.95. The summed E-state index contributed by atoms with van der Waals surface area (Å²) in [6.07, 6.45) is 0. The Labute approximate surface area is 158 Å². The molecule has 140 valence electrons. The largest absolute Gasteiger partial charge is 0.495 e. The van der Waals surface area contributed by atoms with Crippen LogP contribution in [0.1, 0.15) is 5.69 Å². The lowest BCUT2D eigenvalue weighted by molar-refractivity contribution is 0.311. The van der Waals surface area contributed by atoms with Gasteiger partial charge in [-0.05, 0) is 14.0 Å². The number of anilines is 3. The Kier molecular flexibility index (Phi) is 5.68. The number of hydrogen-bond donors (Lipinski definition) is 1. The Morgan fingerprint density at radius 3 is 2.35 bits per heavy atom. The molecule has 0 aliphatic carbocycles. The summed E-state index contributed by atoms with van der Waals surface area (Å²) >= 11 is 6.18. The van der Waals surface area contributed by atoms with E-state index in [2.05, 4.69) is 32.1 Å². The quantitative estimate of drug-likeness (QED) is 0.859. The maximum atomic E-state index is 6.18. The molecule has 0 amide bonds. The summed E-state index contributed by atoms with van der Waals surface area (Å²) in [4.78, 5) is 13.8. The van der Waals surface area contributed by atoms with E-state index in [1.165, 1.54) is 0 Å². The van der Waals surface area contributed by atoms with Crippen molar-refractivity contribution in [2.75, 3.05) is 57.7 Å². The zero-order valence-electron chi connectivity index (χ0n) is 15.5. The van der Waals surface area contributed by atoms with Gasteiger partial charge in [-0.3, -0.25) is 0 Å². The molecule has 0 saturated carbocycles. The first kappa shape index (κ1) is 18.5. The van der Waals surface area contributed by atoms with E-state index in [1.807, 2.05) is 13.0 Å². The third kappa shape index (κ3) is 4.11. The van der Waals surface area contributed by atoms with Crippen LogP contribution in [0.25, 0.3) is 0 Å². The Balaban J connectivity index is 1.88. The van der Waals surface area contributed by atoms with E-state index in [-0.39, 0.29) is 0 Å². The first-order valence-corrected chi connectivity index (χ1v) is 8.85. The molecule has 0 atom stereocenters. The van der Waals surface area contributed by atoms with Crippen LogP contribution in [0.15, 0.2) is 18.2 Å². The van der Waals surface area contributed by atoms with Crippen LogP contribution < -0.4 is 19.7 Å². The average molecular weight is 378 g/mol. The molecule has 0 bridgehead atoms. The third-order valence-corrected chi connectivity index (χ3v) is 4.66. The van der Waals surface area contributed by atoms with Gasteiger partial charge in [-0.1, -0.05) is 11.6 Å². The minimum absolute atomic E-state index is 0.492. The summed E-state index contributed by atoms with van der Waals surface area (Å²) in [5, 5.41) is 3.80. The van der Waals surface area contributed by atoms with E-state index in [4.69, 9.17) is 21.1 Å². The van der Waals surface area contributed by atoms with Gasteiger partial charge in [0.25, 0.3) is 0 Å². The highest BCUT2D eigenvalue weighted by molar-refractivity contribution is 6.32. The number of halogens is 1. The Bertz CT molecular complexity index is 778. The van der Waals surface area contributed by atoms with Crippen LogP contribution in [0.2, 0.25) is 5.02 Å². The highest BCUT2D eigenvalue weighted by atomic mass is 35.5. The molecule has 1 N–H and O–H groups in total. The number of methoxy groups -OCH3 is 2. The molecule has 1 aliphatic heterocycles. The fraction of sp³-hybridized carbons (Fsp3) is 0.444. The SMILES string of the molecule is COc1cc(Nc2cc(C)nc(N3CCN(C)CC3)n2)c(OC)cc1Cl. The fourth-order valence-corrected chi connectivity index (χ4v) is 3.09. The number of piperazine rings is 1. The molecule has 2 heterocycles. The van der Waals surface area contributed by atoms with Crippen molar-refractivity contribution in [3.05, 3.63) is 28.9 Å². The van der Waals surface area contributed by atoms with Gasteiger partial charge in [-0.2, -0.15) is 4.98 Å². The molecule has 0 unspecified atom stereocenters. The summed E-state index contributed by atoms with van der Waals surface area (Å²) in [5.41, 5.74) is 1.63. The molecule has 2 aromatic rings. The molecule has 1 aromatic heterocycles. The average Bonchev–Trinajstić information content (AvgIpc) is 2.63. The molecule has 7 nitrogen and oxygen atoms in total. The maximum Gasteiger partial charge on any atom is 0.227 e. The zero-order chi connectivity index (χ0) is 18.7. The topological polar surface area (TPSA) is 62.8 Å². The van der Waals surface area contributed by atoms with E-state index < -0.39 is 0 Å². The highest BCUT2D eigenvalue weighted by Crippen LogP contribution is 2.37. The van der Waals surface area contributed by atoms with Crippen molar-refractivity contribution in [3.63, 3.8) is 0 Å². The number of rotatable bonds is 5. The van der Waals surface area contributed by atoms with Gasteiger partial charge in [0.15, 0.2) is 0 Å². The molecule has 26 heavy (non-hydrogen) atoms. The van der Waals surface area contributed by atoms with E-state index in [1.54, 1.807) is 26.4 Å². The van der Waals surface area contributed by atoms with Gasteiger partial charge >= 0.3 is 0 Å². The third-order valence-electron chi connectivity index (χ3n) is 4.37. The summed E-state index contributed by atoms with van der Waals surface area (Å²) in [5.74, 6) is 2.63. The second-order valence-corrected chi connectivity index (χ2v) is 6.70. The number of nitrogens with zero attached hydrogens (tertiary/aromatic N) is 4. The highest BCUT2D eigenvalue weighted by Gasteiger charge is 2.18. The minimum atomic E-state index is 0.492. The molecular weight excluding hydrogens is 354 g/mol. The molecule has 1 saturated heterocycles. The van der Waals surface area contributed by atoms with Gasteiger partial charge in [-0.25, -0.2) is 4.98 Å². The zero-order valence-corrected chi connectivity index (χ0v) is 16.3. The predicted molar refractivity (Wildman–Crippen MR) is 104 cm³/mol. The normalized spacial score (nSPS) is 15.0. The molecular formula is C18H24ClN5O2. The second kappa shape index (κ2) is 7.97. The van der Waals surface area contributed by atoms with Gasteiger partial charge in [0.2, 0.25) is 5.95 Å². The summed E-state index contributed by atoms with van der Waals surface area (Å²) in [6, 6.07) is 5.42. The van der Waals surface area contributed by atoms with Gasteiger partial charge in [0.1, 0.15) is 17.3 Å². The van der Waals surface area contributed by atoms with Crippen LogP contribution in [0, 0.1) is 6.92 Å². The number of nitrogens with one attached hydrogen (secondary N) is 1. The van der Waals surface area contributed by atoms with Crippen molar-refractivity contribution in [3.8, 4) is 11.5 Å². The lowest BCUT2D eigenvalue weighted by atomic mass is 10.2. The summed E-state index contributed by atoms with van der Waals surface area (Å²) < 4.78 is 10.7. The van der Waals surface area contributed by atoms with E-state index in [0.717, 1.165) is 43.5 Å². The minimum Gasteiger partial charge on any atom is -0.495 e. The number of aryl methyl sites for hydroxylation is 1. The van der Waals surface area contributed by atoms with Gasteiger partial charge in [-0.15, -0.1) is 0 Å². The monoisotopic (exact) mass is 377 g/mol. The van der Waals surface area contributed by atoms with E-state index >= 15 is 0 Å². The van der Waals surface area contributed by atoms with Crippen molar-refractivity contribution in [1.82, 2.24) is 14.9 Å². The van der Waals surface area contributed by atoms with Gasteiger partial charge in [0.05, 0.1) is 24.9 Å². The number of benzene rings is 1. The summed E-state index contributed by atoms with van der Waals surface area (Å²) in [7, 11) is 5.31. The van der Waals surface area contributed by atoms with Crippen LogP contribution in [-0.4, -0.2) is 62.3 Å². The van der Waals surface area contributed by atoms with Crippen LogP contribution in [0.5, 0.6) is 11.5 Å². The molecule has 1 fully saturated rings.